The molecule has 144 valence electrons. The van der Waals surface area contributed by atoms with Crippen molar-refractivity contribution in [2.75, 3.05) is 12.4 Å². The van der Waals surface area contributed by atoms with Gasteiger partial charge in [-0.25, -0.2) is 9.97 Å². The van der Waals surface area contributed by atoms with Gasteiger partial charge in [-0.05, 0) is 38.1 Å². The fourth-order valence-electron chi connectivity index (χ4n) is 3.28. The van der Waals surface area contributed by atoms with Gasteiger partial charge in [-0.3, -0.25) is 4.98 Å². The number of anilines is 2. The molecule has 4 rings (SSSR count). The number of pyridine rings is 1. The number of fused-ring (bicyclic) bond motifs is 1. The number of hydrogen-bond acceptors (Lipinski definition) is 6. The molecule has 0 aliphatic heterocycles. The average molecular weight is 384 g/mol. The number of nitriles is 1. The summed E-state index contributed by atoms with van der Waals surface area (Å²) in [5.74, 6) is 1.04. The van der Waals surface area contributed by atoms with Crippen molar-refractivity contribution in [3.8, 4) is 23.1 Å². The monoisotopic (exact) mass is 384 g/mol. The zero-order valence-electron chi connectivity index (χ0n) is 16.4. The first-order chi connectivity index (χ1) is 14.1. The highest BCUT2D eigenvalue weighted by atomic mass is 16.5. The fraction of sp³-hybridized carbons (Fsp3) is 0.182. The number of aromatic nitrogens is 4. The van der Waals surface area contributed by atoms with E-state index in [1.54, 1.807) is 37.7 Å². The largest absolute Gasteiger partial charge is 0.497 e. The Labute approximate surface area is 168 Å². The highest BCUT2D eigenvalue weighted by molar-refractivity contribution is 5.94. The molecule has 0 aliphatic rings. The highest BCUT2D eigenvalue weighted by Gasteiger charge is 2.14. The SMILES string of the molecule is COc1cc(C#N)cc(Nc2nccc(-c3cn(C(C)C)c4cnccc34)n2)c1. The third-order valence-electron chi connectivity index (χ3n) is 4.65. The lowest BCUT2D eigenvalue weighted by Gasteiger charge is -2.09. The Morgan fingerprint density at radius 2 is 2.03 bits per heavy atom. The predicted octanol–water partition coefficient (Wildman–Crippen LogP) is 4.70. The molecule has 29 heavy (non-hydrogen) atoms. The third kappa shape index (κ3) is 3.60. The average Bonchev–Trinajstić information content (AvgIpc) is 3.13. The standard InChI is InChI=1S/C22H20N6O/c1-14(2)28-13-19(18-4-6-24-12-21(18)28)20-5-7-25-22(27-20)26-16-8-15(11-23)9-17(10-16)29-3/h4-10,12-14H,1-3H3,(H,25,26,27). The van der Waals surface area contributed by atoms with Crippen molar-refractivity contribution in [3.05, 3.63) is 60.7 Å². The quantitative estimate of drug-likeness (QED) is 0.537. The molecule has 3 aromatic heterocycles. The van der Waals surface area contributed by atoms with Crippen molar-refractivity contribution in [2.45, 2.75) is 19.9 Å². The zero-order valence-corrected chi connectivity index (χ0v) is 16.4. The lowest BCUT2D eigenvalue weighted by molar-refractivity contribution is 0.415. The van der Waals surface area contributed by atoms with E-state index in [1.807, 2.05) is 18.3 Å². The molecule has 0 atom stereocenters. The fourth-order valence-corrected chi connectivity index (χ4v) is 3.28. The van der Waals surface area contributed by atoms with Gasteiger partial charge in [0.25, 0.3) is 0 Å². The van der Waals surface area contributed by atoms with Crippen LogP contribution in [0.15, 0.2) is 55.1 Å². The van der Waals surface area contributed by atoms with Crippen LogP contribution in [0.1, 0.15) is 25.5 Å². The summed E-state index contributed by atoms with van der Waals surface area (Å²) in [7, 11) is 1.57. The minimum absolute atomic E-state index is 0.302. The van der Waals surface area contributed by atoms with E-state index in [9.17, 15) is 5.26 Å². The Kier molecular flexibility index (Phi) is 4.83. The lowest BCUT2D eigenvalue weighted by atomic mass is 10.1. The van der Waals surface area contributed by atoms with Crippen LogP contribution in [0.4, 0.5) is 11.6 Å². The molecule has 0 saturated heterocycles. The molecule has 7 heteroatoms. The van der Waals surface area contributed by atoms with Gasteiger partial charge < -0.3 is 14.6 Å². The predicted molar refractivity (Wildman–Crippen MR) is 112 cm³/mol. The number of rotatable bonds is 5. The molecule has 0 fully saturated rings. The van der Waals surface area contributed by atoms with E-state index in [4.69, 9.17) is 9.72 Å². The van der Waals surface area contributed by atoms with E-state index < -0.39 is 0 Å². The summed E-state index contributed by atoms with van der Waals surface area (Å²) < 4.78 is 7.45. The maximum atomic E-state index is 9.22. The van der Waals surface area contributed by atoms with Crippen LogP contribution in [0.2, 0.25) is 0 Å². The van der Waals surface area contributed by atoms with Gasteiger partial charge >= 0.3 is 0 Å². The van der Waals surface area contributed by atoms with E-state index >= 15 is 0 Å². The third-order valence-corrected chi connectivity index (χ3v) is 4.65. The van der Waals surface area contributed by atoms with Crippen molar-refractivity contribution >= 4 is 22.5 Å². The highest BCUT2D eigenvalue weighted by Crippen LogP contribution is 2.31. The zero-order chi connectivity index (χ0) is 20.4. The molecule has 7 nitrogen and oxygen atoms in total. The number of nitrogens with zero attached hydrogens (tertiary/aromatic N) is 5. The van der Waals surface area contributed by atoms with Crippen LogP contribution in [0.25, 0.3) is 22.2 Å². The van der Waals surface area contributed by atoms with E-state index in [-0.39, 0.29) is 0 Å². The van der Waals surface area contributed by atoms with Crippen LogP contribution >= 0.6 is 0 Å². The van der Waals surface area contributed by atoms with Crippen LogP contribution in [-0.2, 0) is 0 Å². The topological polar surface area (TPSA) is 88.6 Å². The van der Waals surface area contributed by atoms with Crippen molar-refractivity contribution < 1.29 is 4.74 Å². The van der Waals surface area contributed by atoms with Gasteiger partial charge in [-0.2, -0.15) is 5.26 Å². The summed E-state index contributed by atoms with van der Waals surface area (Å²) in [6, 6.07) is 11.5. The number of ether oxygens (including phenoxy) is 1. The second-order valence-corrected chi connectivity index (χ2v) is 6.89. The first-order valence-corrected chi connectivity index (χ1v) is 9.23. The van der Waals surface area contributed by atoms with Crippen LogP contribution in [0.3, 0.4) is 0 Å². The molecular weight excluding hydrogens is 364 g/mol. The Balaban J connectivity index is 1.74. The summed E-state index contributed by atoms with van der Waals surface area (Å²) >= 11 is 0. The smallest absolute Gasteiger partial charge is 0.227 e. The first kappa shape index (κ1) is 18.4. The Hall–Kier alpha value is -3.92. The summed E-state index contributed by atoms with van der Waals surface area (Å²) in [5.41, 5.74) is 4.07. The Morgan fingerprint density at radius 3 is 2.79 bits per heavy atom. The van der Waals surface area contributed by atoms with E-state index in [0.29, 0.717) is 29.0 Å². The first-order valence-electron chi connectivity index (χ1n) is 9.23. The molecule has 0 saturated carbocycles. The minimum atomic E-state index is 0.302. The summed E-state index contributed by atoms with van der Waals surface area (Å²) in [4.78, 5) is 13.3. The molecule has 3 heterocycles. The summed E-state index contributed by atoms with van der Waals surface area (Å²) in [5, 5.41) is 13.5. The Morgan fingerprint density at radius 1 is 1.17 bits per heavy atom. The lowest BCUT2D eigenvalue weighted by Crippen LogP contribution is -1.99. The maximum absolute atomic E-state index is 9.22. The van der Waals surface area contributed by atoms with Gasteiger partial charge in [0.05, 0.1) is 36.1 Å². The summed E-state index contributed by atoms with van der Waals surface area (Å²) in [6.07, 6.45) is 7.48. The van der Waals surface area contributed by atoms with Crippen LogP contribution in [-0.4, -0.2) is 26.6 Å². The molecule has 0 bridgehead atoms. The number of hydrogen-bond donors (Lipinski definition) is 1. The van der Waals surface area contributed by atoms with Crippen molar-refractivity contribution in [2.24, 2.45) is 0 Å². The number of methoxy groups -OCH3 is 1. The maximum Gasteiger partial charge on any atom is 0.227 e. The van der Waals surface area contributed by atoms with Crippen LogP contribution in [0.5, 0.6) is 5.75 Å². The molecule has 0 radical (unpaired) electrons. The molecule has 1 N–H and O–H groups in total. The molecule has 0 amide bonds. The Bertz CT molecular complexity index is 1220. The minimum Gasteiger partial charge on any atom is -0.497 e. The second kappa shape index (κ2) is 7.60. The normalized spacial score (nSPS) is 10.9. The van der Waals surface area contributed by atoms with E-state index in [0.717, 1.165) is 22.2 Å². The molecule has 0 aliphatic carbocycles. The van der Waals surface area contributed by atoms with Crippen molar-refractivity contribution in [1.82, 2.24) is 19.5 Å². The van der Waals surface area contributed by atoms with Gasteiger partial charge in [-0.1, -0.05) is 0 Å². The molecular formula is C22H20N6O. The van der Waals surface area contributed by atoms with Crippen molar-refractivity contribution in [3.63, 3.8) is 0 Å². The number of benzene rings is 1. The van der Waals surface area contributed by atoms with E-state index in [1.165, 1.54) is 0 Å². The molecule has 1 aromatic carbocycles. The number of nitrogens with one attached hydrogen (secondary N) is 1. The van der Waals surface area contributed by atoms with Gasteiger partial charge in [0, 0.05) is 47.3 Å². The molecule has 4 aromatic rings. The molecule has 0 unspecified atom stereocenters. The van der Waals surface area contributed by atoms with E-state index in [2.05, 4.69) is 46.0 Å². The van der Waals surface area contributed by atoms with Crippen molar-refractivity contribution in [1.29, 1.82) is 5.26 Å². The van der Waals surface area contributed by atoms with Gasteiger partial charge in [0.1, 0.15) is 5.75 Å². The second-order valence-electron chi connectivity index (χ2n) is 6.89. The van der Waals surface area contributed by atoms with Crippen LogP contribution in [0, 0.1) is 11.3 Å². The van der Waals surface area contributed by atoms with Gasteiger partial charge in [0.15, 0.2) is 0 Å². The van der Waals surface area contributed by atoms with Gasteiger partial charge in [0.2, 0.25) is 5.95 Å². The van der Waals surface area contributed by atoms with Crippen LogP contribution < -0.4 is 10.1 Å². The molecule has 0 spiro atoms. The summed E-state index contributed by atoms with van der Waals surface area (Å²) in [6.45, 7) is 4.28. The van der Waals surface area contributed by atoms with Gasteiger partial charge in [-0.15, -0.1) is 0 Å².